The number of likely N-dealkylation sites (tertiary alicyclic amines) is 1. The summed E-state index contributed by atoms with van der Waals surface area (Å²) in [5, 5.41) is 9.91. The van der Waals surface area contributed by atoms with E-state index in [-0.39, 0.29) is 18.3 Å². The average molecular weight is 413 g/mol. The number of aliphatic hydroxyl groups is 1. The van der Waals surface area contributed by atoms with Crippen LogP contribution in [0, 0.1) is 5.92 Å². The summed E-state index contributed by atoms with van der Waals surface area (Å²) in [5.41, 5.74) is 5.62. The molecule has 156 valence electrons. The number of hydrogen-bond acceptors (Lipinski definition) is 3. The summed E-state index contributed by atoms with van der Waals surface area (Å²) in [7, 11) is 0. The number of benzene rings is 2. The SMILES string of the molecule is C=C(O)C1CCCN(CCCN2c3ccccc3CCc3ccccc32)C1C.Cl. The van der Waals surface area contributed by atoms with Gasteiger partial charge in [-0.1, -0.05) is 43.0 Å². The van der Waals surface area contributed by atoms with Crippen LogP contribution >= 0.6 is 12.4 Å². The summed E-state index contributed by atoms with van der Waals surface area (Å²) in [6.45, 7) is 9.24. The Kier molecular flexibility index (Phi) is 7.26. The van der Waals surface area contributed by atoms with E-state index in [1.54, 1.807) is 0 Å². The topological polar surface area (TPSA) is 26.7 Å². The van der Waals surface area contributed by atoms with Crippen molar-refractivity contribution in [3.8, 4) is 0 Å². The normalized spacial score (nSPS) is 21.5. The standard InChI is InChI=1S/C25H32N2O.ClH/c1-19-23(20(2)28)11-7-16-26(19)17-8-18-27-24-12-5-3-9-21(24)14-15-22-10-4-6-13-25(22)27;/h3-6,9-10,12-13,19,23,28H,2,7-8,11,14-18H2,1H3;1H. The van der Waals surface area contributed by atoms with Gasteiger partial charge >= 0.3 is 0 Å². The van der Waals surface area contributed by atoms with Crippen molar-refractivity contribution in [2.24, 2.45) is 5.92 Å². The lowest BCUT2D eigenvalue weighted by Gasteiger charge is -2.39. The molecule has 0 amide bonds. The van der Waals surface area contributed by atoms with Crippen LogP contribution in [0.25, 0.3) is 0 Å². The number of halogens is 1. The molecule has 1 N–H and O–H groups in total. The first-order chi connectivity index (χ1) is 13.6. The van der Waals surface area contributed by atoms with E-state index < -0.39 is 0 Å². The minimum Gasteiger partial charge on any atom is -0.513 e. The van der Waals surface area contributed by atoms with E-state index in [9.17, 15) is 5.11 Å². The molecule has 2 unspecified atom stereocenters. The fourth-order valence-corrected chi connectivity index (χ4v) is 5.02. The molecule has 0 aliphatic carbocycles. The van der Waals surface area contributed by atoms with Gasteiger partial charge in [0.15, 0.2) is 0 Å². The predicted molar refractivity (Wildman–Crippen MR) is 125 cm³/mol. The van der Waals surface area contributed by atoms with Gasteiger partial charge in [0.05, 0.1) is 5.76 Å². The summed E-state index contributed by atoms with van der Waals surface area (Å²) in [5.74, 6) is 0.570. The van der Waals surface area contributed by atoms with Gasteiger partial charge in [-0.05, 0) is 68.8 Å². The molecule has 1 saturated heterocycles. The van der Waals surface area contributed by atoms with Crippen molar-refractivity contribution in [1.82, 2.24) is 4.90 Å². The quantitative estimate of drug-likeness (QED) is 0.618. The first kappa shape index (κ1) is 21.7. The second-order valence-corrected chi connectivity index (χ2v) is 8.28. The molecule has 0 aromatic heterocycles. The van der Waals surface area contributed by atoms with E-state index in [2.05, 4.69) is 71.8 Å². The molecule has 3 nitrogen and oxygen atoms in total. The summed E-state index contributed by atoms with van der Waals surface area (Å²) >= 11 is 0. The Bertz CT molecular complexity index is 790. The zero-order valence-corrected chi connectivity index (χ0v) is 18.2. The van der Waals surface area contributed by atoms with Gasteiger partial charge in [-0.2, -0.15) is 0 Å². The van der Waals surface area contributed by atoms with Gasteiger partial charge in [-0.15, -0.1) is 12.4 Å². The molecule has 0 saturated carbocycles. The van der Waals surface area contributed by atoms with Crippen molar-refractivity contribution in [1.29, 1.82) is 0 Å². The van der Waals surface area contributed by atoms with Crippen molar-refractivity contribution in [2.75, 3.05) is 24.5 Å². The number of fused-ring (bicyclic) bond motifs is 2. The predicted octanol–water partition coefficient (Wildman–Crippen LogP) is 5.91. The number of piperidine rings is 1. The van der Waals surface area contributed by atoms with Gasteiger partial charge in [-0.25, -0.2) is 0 Å². The second-order valence-electron chi connectivity index (χ2n) is 8.28. The van der Waals surface area contributed by atoms with E-state index in [0.29, 0.717) is 11.8 Å². The molecule has 2 aliphatic rings. The van der Waals surface area contributed by atoms with Crippen LogP contribution < -0.4 is 4.90 Å². The van der Waals surface area contributed by atoms with Crippen LogP contribution in [0.4, 0.5) is 11.4 Å². The molecular weight excluding hydrogens is 380 g/mol. The van der Waals surface area contributed by atoms with Gasteiger partial charge in [0.2, 0.25) is 0 Å². The third kappa shape index (κ3) is 4.62. The second kappa shape index (κ2) is 9.69. The molecule has 1 fully saturated rings. The zero-order chi connectivity index (χ0) is 19.5. The van der Waals surface area contributed by atoms with E-state index in [0.717, 1.165) is 51.7 Å². The number of para-hydroxylation sites is 2. The molecular formula is C25H33ClN2O. The summed E-state index contributed by atoms with van der Waals surface area (Å²) in [6.07, 6.45) is 5.52. The molecule has 2 heterocycles. The van der Waals surface area contributed by atoms with Crippen LogP contribution in [0.2, 0.25) is 0 Å². The van der Waals surface area contributed by atoms with Gasteiger partial charge in [-0.3, -0.25) is 4.90 Å². The Morgan fingerprint density at radius 3 is 2.17 bits per heavy atom. The molecule has 0 bridgehead atoms. The highest BCUT2D eigenvalue weighted by Gasteiger charge is 2.29. The highest BCUT2D eigenvalue weighted by molar-refractivity contribution is 5.85. The molecule has 2 atom stereocenters. The first-order valence-corrected chi connectivity index (χ1v) is 10.7. The summed E-state index contributed by atoms with van der Waals surface area (Å²) in [4.78, 5) is 5.06. The number of aliphatic hydroxyl groups excluding tert-OH is 1. The lowest BCUT2D eigenvalue weighted by atomic mass is 9.89. The minimum absolute atomic E-state index is 0. The van der Waals surface area contributed by atoms with E-state index in [1.165, 1.54) is 22.5 Å². The van der Waals surface area contributed by atoms with Gasteiger partial charge in [0.1, 0.15) is 0 Å². The number of nitrogens with zero attached hydrogens (tertiary/aromatic N) is 2. The van der Waals surface area contributed by atoms with Crippen LogP contribution in [-0.4, -0.2) is 35.7 Å². The zero-order valence-electron chi connectivity index (χ0n) is 17.4. The molecule has 4 rings (SSSR count). The van der Waals surface area contributed by atoms with Crippen LogP contribution in [0.3, 0.4) is 0 Å². The molecule has 2 aromatic carbocycles. The molecule has 2 aliphatic heterocycles. The maximum Gasteiger partial charge on any atom is 0.0897 e. The van der Waals surface area contributed by atoms with Crippen molar-refractivity contribution >= 4 is 23.8 Å². The van der Waals surface area contributed by atoms with E-state index in [1.807, 2.05) is 0 Å². The third-order valence-corrected chi connectivity index (χ3v) is 6.60. The lowest BCUT2D eigenvalue weighted by Crippen LogP contribution is -2.44. The van der Waals surface area contributed by atoms with Crippen molar-refractivity contribution in [3.63, 3.8) is 0 Å². The summed E-state index contributed by atoms with van der Waals surface area (Å²) in [6, 6.07) is 18.1. The molecule has 2 aromatic rings. The Hall–Kier alpha value is -1.97. The Labute approximate surface area is 181 Å². The average Bonchev–Trinajstić information content (AvgIpc) is 2.86. The van der Waals surface area contributed by atoms with Crippen LogP contribution in [-0.2, 0) is 12.8 Å². The largest absolute Gasteiger partial charge is 0.513 e. The molecule has 4 heteroatoms. The minimum atomic E-state index is 0. The third-order valence-electron chi connectivity index (χ3n) is 6.60. The number of hydrogen-bond donors (Lipinski definition) is 1. The highest BCUT2D eigenvalue weighted by Crippen LogP contribution is 2.36. The van der Waals surface area contributed by atoms with Gasteiger partial charge in [0.25, 0.3) is 0 Å². The van der Waals surface area contributed by atoms with E-state index >= 15 is 0 Å². The monoisotopic (exact) mass is 412 g/mol. The maximum atomic E-state index is 9.91. The van der Waals surface area contributed by atoms with Crippen LogP contribution in [0.5, 0.6) is 0 Å². The molecule has 0 spiro atoms. The van der Waals surface area contributed by atoms with Crippen LogP contribution in [0.1, 0.15) is 37.3 Å². The summed E-state index contributed by atoms with van der Waals surface area (Å²) < 4.78 is 0. The van der Waals surface area contributed by atoms with Gasteiger partial charge in [0, 0.05) is 36.4 Å². The Morgan fingerprint density at radius 2 is 1.59 bits per heavy atom. The van der Waals surface area contributed by atoms with E-state index in [4.69, 9.17) is 0 Å². The molecule has 0 radical (unpaired) electrons. The van der Waals surface area contributed by atoms with Crippen molar-refractivity contribution in [3.05, 3.63) is 72.0 Å². The maximum absolute atomic E-state index is 9.91. The fourth-order valence-electron chi connectivity index (χ4n) is 5.02. The van der Waals surface area contributed by atoms with Gasteiger partial charge < -0.3 is 10.0 Å². The highest BCUT2D eigenvalue weighted by atomic mass is 35.5. The molecule has 29 heavy (non-hydrogen) atoms. The Balaban J connectivity index is 0.00000240. The Morgan fingerprint density at radius 1 is 1.00 bits per heavy atom. The number of aryl methyl sites for hydroxylation is 2. The van der Waals surface area contributed by atoms with Crippen molar-refractivity contribution in [2.45, 2.75) is 45.1 Å². The number of anilines is 2. The number of rotatable bonds is 5. The fraction of sp³-hybridized carbons (Fsp3) is 0.440. The first-order valence-electron chi connectivity index (χ1n) is 10.7. The van der Waals surface area contributed by atoms with Crippen molar-refractivity contribution < 1.29 is 5.11 Å². The lowest BCUT2D eigenvalue weighted by molar-refractivity contribution is 0.0985. The van der Waals surface area contributed by atoms with Crippen LogP contribution in [0.15, 0.2) is 60.9 Å². The smallest absolute Gasteiger partial charge is 0.0897 e.